The van der Waals surface area contributed by atoms with Crippen LogP contribution in [0.25, 0.3) is 6.08 Å². The van der Waals surface area contributed by atoms with E-state index in [-0.39, 0.29) is 50.3 Å². The summed E-state index contributed by atoms with van der Waals surface area (Å²) in [5.74, 6) is -3.07. The lowest BCUT2D eigenvalue weighted by Gasteiger charge is -2.30. The number of aliphatic hydroxyl groups excluding tert-OH is 1. The lowest BCUT2D eigenvalue weighted by molar-refractivity contribution is -0.172. The lowest BCUT2D eigenvalue weighted by Crippen LogP contribution is -2.44. The zero-order valence-electron chi connectivity index (χ0n) is 30.9. The maximum absolute atomic E-state index is 13.5. The Labute approximate surface area is 309 Å². The van der Waals surface area contributed by atoms with Crippen LogP contribution in [0.15, 0.2) is 66.3 Å². The summed E-state index contributed by atoms with van der Waals surface area (Å²) < 4.78 is 24.4. The van der Waals surface area contributed by atoms with E-state index in [2.05, 4.69) is 10.6 Å². The fraction of sp³-hybridized carbons (Fsp3) is 0.475. The molecule has 0 radical (unpaired) electrons. The molecule has 0 saturated carbocycles. The zero-order chi connectivity index (χ0) is 38.3. The summed E-state index contributed by atoms with van der Waals surface area (Å²) in [6, 6.07) is 14.0. The molecule has 2 aromatic carbocycles. The molecule has 3 N–H and O–H groups in total. The van der Waals surface area contributed by atoms with Gasteiger partial charge in [-0.2, -0.15) is 0 Å². The highest BCUT2D eigenvalue weighted by Crippen LogP contribution is 2.45. The average molecular weight is 732 g/mol. The van der Waals surface area contributed by atoms with Crippen LogP contribution in [0.2, 0.25) is 0 Å². The first kappa shape index (κ1) is 39.4. The number of amides is 3. The van der Waals surface area contributed by atoms with Crippen LogP contribution in [0.5, 0.6) is 0 Å². The first-order valence-corrected chi connectivity index (χ1v) is 17.9. The summed E-state index contributed by atoms with van der Waals surface area (Å²) in [7, 11) is 3.29. The number of hydrogen-bond donors (Lipinski definition) is 3. The van der Waals surface area contributed by atoms with Crippen molar-refractivity contribution in [1.29, 1.82) is 0 Å². The van der Waals surface area contributed by atoms with Crippen molar-refractivity contribution in [2.45, 2.75) is 95.0 Å². The summed E-state index contributed by atoms with van der Waals surface area (Å²) in [6.07, 6.45) is 3.73. The van der Waals surface area contributed by atoms with Crippen molar-refractivity contribution in [3.63, 3.8) is 0 Å². The van der Waals surface area contributed by atoms with E-state index in [0.29, 0.717) is 24.0 Å². The quantitative estimate of drug-likeness (QED) is 0.206. The van der Waals surface area contributed by atoms with Crippen LogP contribution >= 0.6 is 0 Å². The summed E-state index contributed by atoms with van der Waals surface area (Å²) in [5, 5.41) is 15.2. The molecule has 13 nitrogen and oxygen atoms in total. The molecule has 1 spiro atoms. The molecular formula is C40H49N3O10. The first-order valence-electron chi connectivity index (χ1n) is 17.9. The van der Waals surface area contributed by atoms with Gasteiger partial charge in [0.15, 0.2) is 5.79 Å². The lowest BCUT2D eigenvalue weighted by atomic mass is 9.91. The first-order chi connectivity index (χ1) is 25.1. The summed E-state index contributed by atoms with van der Waals surface area (Å²) >= 11 is 0. The highest BCUT2D eigenvalue weighted by atomic mass is 16.8. The SMILES string of the molecule is CN(C)C(=O)C=Cc1cccc(C(=O)OC2CC(C(=O)NCCC(=O)NC(CO)CCC(=O)OC(C)(C)C)=CC3OC4(Cc5ccccc5C4)OC32)c1. The Balaban J connectivity index is 1.23. The van der Waals surface area contributed by atoms with Gasteiger partial charge in [0.25, 0.3) is 0 Å². The second kappa shape index (κ2) is 16.9. The number of nitrogens with one attached hydrogen (secondary N) is 2. The second-order valence-corrected chi connectivity index (χ2v) is 14.8. The van der Waals surface area contributed by atoms with Gasteiger partial charge >= 0.3 is 11.9 Å². The van der Waals surface area contributed by atoms with Crippen LogP contribution in [0.3, 0.4) is 0 Å². The van der Waals surface area contributed by atoms with Gasteiger partial charge in [-0.05, 0) is 68.2 Å². The fourth-order valence-corrected chi connectivity index (χ4v) is 6.55. The molecule has 13 heteroatoms. The standard InChI is InChI=1S/C40H49N3O10/c1-39(2,3)52-35(47)16-14-30(24-44)42-33(45)17-18-41-37(48)29-20-31(50-38(49)26-12-8-9-25(19-26)13-15-34(46)43(4)5)36-32(21-29)51-40(53-36)22-27-10-6-7-11-28(27)23-40/h6-13,15,19,21,30-32,36,44H,14,16-18,20,22-24H2,1-5H3,(H,41,48)(H,42,45). The number of likely N-dealkylation sites (N-methyl/N-ethyl adjacent to an activating group) is 1. The Morgan fingerprint density at radius 2 is 1.74 bits per heavy atom. The zero-order valence-corrected chi connectivity index (χ0v) is 30.9. The van der Waals surface area contributed by atoms with Crippen molar-refractivity contribution in [1.82, 2.24) is 15.5 Å². The largest absolute Gasteiger partial charge is 0.460 e. The third-order valence-corrected chi connectivity index (χ3v) is 9.09. The van der Waals surface area contributed by atoms with E-state index in [4.69, 9.17) is 18.9 Å². The molecule has 3 aliphatic rings. The van der Waals surface area contributed by atoms with Gasteiger partial charge in [-0.25, -0.2) is 4.79 Å². The Morgan fingerprint density at radius 1 is 1.02 bits per heavy atom. The van der Waals surface area contributed by atoms with Gasteiger partial charge in [-0.1, -0.05) is 36.4 Å². The molecule has 0 aromatic heterocycles. The molecule has 2 aliphatic carbocycles. The molecule has 2 aromatic rings. The number of ether oxygens (including phenoxy) is 4. The van der Waals surface area contributed by atoms with E-state index in [0.717, 1.165) is 11.1 Å². The molecule has 284 valence electrons. The third kappa shape index (κ3) is 10.6. The molecule has 4 unspecified atom stereocenters. The number of nitrogens with zero attached hydrogens (tertiary/aromatic N) is 1. The number of carbonyl (C=O) groups excluding carboxylic acids is 5. The van der Waals surface area contributed by atoms with Gasteiger partial charge in [0.05, 0.1) is 18.2 Å². The molecule has 5 rings (SSSR count). The summed E-state index contributed by atoms with van der Waals surface area (Å²) in [5.41, 5.74) is 2.79. The van der Waals surface area contributed by atoms with Gasteiger partial charge < -0.3 is 39.6 Å². The van der Waals surface area contributed by atoms with Crippen molar-refractivity contribution in [2.24, 2.45) is 0 Å². The monoisotopic (exact) mass is 731 g/mol. The second-order valence-electron chi connectivity index (χ2n) is 14.8. The van der Waals surface area contributed by atoms with Gasteiger partial charge in [0.2, 0.25) is 17.7 Å². The predicted octanol–water partition coefficient (Wildman–Crippen LogP) is 3.03. The maximum Gasteiger partial charge on any atom is 0.338 e. The van der Waals surface area contributed by atoms with E-state index >= 15 is 0 Å². The van der Waals surface area contributed by atoms with E-state index in [1.165, 1.54) is 11.0 Å². The molecule has 0 bridgehead atoms. The van der Waals surface area contributed by atoms with Gasteiger partial charge in [0, 0.05) is 64.4 Å². The molecule has 1 heterocycles. The number of benzene rings is 2. The van der Waals surface area contributed by atoms with Crippen LogP contribution in [-0.2, 0) is 51.0 Å². The highest BCUT2D eigenvalue weighted by Gasteiger charge is 2.55. The minimum Gasteiger partial charge on any atom is -0.460 e. The van der Waals surface area contributed by atoms with Crippen molar-refractivity contribution >= 4 is 35.7 Å². The molecular weight excluding hydrogens is 682 g/mol. The topological polar surface area (TPSA) is 170 Å². The number of hydrogen-bond acceptors (Lipinski definition) is 10. The number of aliphatic hydroxyl groups is 1. The molecule has 53 heavy (non-hydrogen) atoms. The van der Waals surface area contributed by atoms with Crippen LogP contribution in [0.1, 0.15) is 73.5 Å². The Morgan fingerprint density at radius 3 is 2.40 bits per heavy atom. The smallest absolute Gasteiger partial charge is 0.338 e. The predicted molar refractivity (Wildman–Crippen MR) is 194 cm³/mol. The maximum atomic E-state index is 13.5. The van der Waals surface area contributed by atoms with Crippen molar-refractivity contribution < 1.29 is 48.0 Å². The van der Waals surface area contributed by atoms with Crippen LogP contribution in [0, 0.1) is 0 Å². The van der Waals surface area contributed by atoms with Crippen molar-refractivity contribution in [2.75, 3.05) is 27.2 Å². The average Bonchev–Trinajstić information content (AvgIpc) is 3.66. The van der Waals surface area contributed by atoms with E-state index in [1.54, 1.807) is 71.3 Å². The van der Waals surface area contributed by atoms with Gasteiger partial charge in [0.1, 0.15) is 23.9 Å². The minimum atomic E-state index is -0.972. The van der Waals surface area contributed by atoms with Crippen molar-refractivity contribution in [3.05, 3.63) is 88.5 Å². The highest BCUT2D eigenvalue weighted by molar-refractivity contribution is 5.95. The molecule has 1 aliphatic heterocycles. The fourth-order valence-electron chi connectivity index (χ4n) is 6.55. The number of carbonyl (C=O) groups is 5. The van der Waals surface area contributed by atoms with E-state index in [9.17, 15) is 29.1 Å². The van der Waals surface area contributed by atoms with Crippen LogP contribution in [-0.4, -0.2) is 103 Å². The number of fused-ring (bicyclic) bond motifs is 2. The normalized spacial score (nSPS) is 20.6. The van der Waals surface area contributed by atoms with Gasteiger partial charge in [-0.15, -0.1) is 0 Å². The van der Waals surface area contributed by atoms with Crippen molar-refractivity contribution in [3.8, 4) is 0 Å². The third-order valence-electron chi connectivity index (χ3n) is 9.09. The summed E-state index contributed by atoms with van der Waals surface area (Å²) in [4.78, 5) is 65.2. The Bertz CT molecular complexity index is 1740. The molecule has 4 atom stereocenters. The molecule has 1 saturated heterocycles. The van der Waals surface area contributed by atoms with E-state index in [1.807, 2.05) is 24.3 Å². The number of rotatable bonds is 13. The minimum absolute atomic E-state index is 0.00197. The van der Waals surface area contributed by atoms with Crippen LogP contribution < -0.4 is 10.6 Å². The van der Waals surface area contributed by atoms with Crippen LogP contribution in [0.4, 0.5) is 0 Å². The summed E-state index contributed by atoms with van der Waals surface area (Å²) in [6.45, 7) is 4.92. The Kier molecular flexibility index (Phi) is 12.5. The molecule has 3 amide bonds. The van der Waals surface area contributed by atoms with E-state index < -0.39 is 59.5 Å². The Hall–Kier alpha value is -4.85. The molecule has 1 fully saturated rings. The number of esters is 2. The van der Waals surface area contributed by atoms with Gasteiger partial charge in [-0.3, -0.25) is 19.2 Å².